The fourth-order valence-corrected chi connectivity index (χ4v) is 0.428. The van der Waals surface area contributed by atoms with Gasteiger partial charge in [-0.1, -0.05) is 6.58 Å². The van der Waals surface area contributed by atoms with Gasteiger partial charge in [-0.15, -0.1) is 0 Å². The molecule has 0 aromatic carbocycles. The average molecular weight is 184 g/mol. The normalized spacial score (nSPS) is 9.69. The first kappa shape index (κ1) is 11.4. The maximum absolute atomic E-state index is 10.8. The molecular weight excluding hydrogens is 172 g/mol. The summed E-state index contributed by atoms with van der Waals surface area (Å²) >= 11 is 0. The van der Waals surface area contributed by atoms with Crippen LogP contribution in [0.2, 0.25) is 0 Å². The van der Waals surface area contributed by atoms with Crippen LogP contribution in [0.3, 0.4) is 0 Å². The molecule has 0 aromatic heterocycles. The molecule has 0 unspecified atom stereocenters. The third-order valence-electron chi connectivity index (χ3n) is 1.02. The highest BCUT2D eigenvalue weighted by Crippen LogP contribution is 1.84. The maximum atomic E-state index is 10.8. The molecule has 0 spiro atoms. The molecule has 0 fully saturated rings. The van der Waals surface area contributed by atoms with Crippen molar-refractivity contribution >= 4 is 18.3 Å². The third kappa shape index (κ3) is 5.60. The maximum Gasteiger partial charge on any atom is 0.434 e. The minimum absolute atomic E-state index is 0.255. The van der Waals surface area contributed by atoms with E-state index in [1.165, 1.54) is 0 Å². The lowest BCUT2D eigenvalue weighted by atomic mass is 10.3. The second kappa shape index (κ2) is 5.93. The van der Waals surface area contributed by atoms with E-state index in [0.29, 0.717) is 5.57 Å². The Morgan fingerprint density at radius 3 is 2.69 bits per heavy atom. The predicted octanol–water partition coefficient (Wildman–Crippen LogP) is 0.863. The number of hydrogen-bond donors (Lipinski definition) is 1. The van der Waals surface area contributed by atoms with Crippen molar-refractivity contribution in [1.29, 1.82) is 0 Å². The van der Waals surface area contributed by atoms with E-state index in [1.54, 1.807) is 13.8 Å². The fraction of sp³-hybridized carbons (Fsp3) is 0.375. The van der Waals surface area contributed by atoms with Gasteiger partial charge in [0.1, 0.15) is 6.34 Å². The zero-order valence-corrected chi connectivity index (χ0v) is 7.66. The Morgan fingerprint density at radius 2 is 2.23 bits per heavy atom. The SMILES string of the molecule is C=C(C)C(=O)NC=NC(=O)OCC. The van der Waals surface area contributed by atoms with E-state index < -0.39 is 6.09 Å². The van der Waals surface area contributed by atoms with Crippen LogP contribution in [0.25, 0.3) is 0 Å². The summed E-state index contributed by atoms with van der Waals surface area (Å²) in [6, 6.07) is 0. The minimum atomic E-state index is -0.732. The molecule has 72 valence electrons. The van der Waals surface area contributed by atoms with Gasteiger partial charge in [-0.05, 0) is 13.8 Å². The Labute approximate surface area is 76.5 Å². The van der Waals surface area contributed by atoms with Gasteiger partial charge >= 0.3 is 6.09 Å². The quantitative estimate of drug-likeness (QED) is 0.402. The number of nitrogens with one attached hydrogen (secondary N) is 1. The zero-order chi connectivity index (χ0) is 10.3. The molecule has 0 heterocycles. The smallest absolute Gasteiger partial charge is 0.434 e. The lowest BCUT2D eigenvalue weighted by Gasteiger charge is -1.96. The van der Waals surface area contributed by atoms with Gasteiger partial charge in [-0.2, -0.15) is 4.99 Å². The number of aliphatic imine (C=N–C) groups is 1. The molecule has 5 heteroatoms. The monoisotopic (exact) mass is 184 g/mol. The second-order valence-electron chi connectivity index (χ2n) is 2.21. The fourth-order valence-electron chi connectivity index (χ4n) is 0.428. The van der Waals surface area contributed by atoms with Gasteiger partial charge in [-0.3, -0.25) is 4.79 Å². The van der Waals surface area contributed by atoms with Crippen molar-refractivity contribution in [3.63, 3.8) is 0 Å². The first-order valence-corrected chi connectivity index (χ1v) is 3.73. The van der Waals surface area contributed by atoms with E-state index in [-0.39, 0.29) is 12.5 Å². The molecular formula is C8H12N2O3. The van der Waals surface area contributed by atoms with Crippen LogP contribution in [-0.4, -0.2) is 24.9 Å². The van der Waals surface area contributed by atoms with Gasteiger partial charge in [0.25, 0.3) is 5.91 Å². The molecule has 0 aliphatic carbocycles. The van der Waals surface area contributed by atoms with E-state index in [4.69, 9.17) is 0 Å². The summed E-state index contributed by atoms with van der Waals surface area (Å²) in [5.41, 5.74) is 0.343. The van der Waals surface area contributed by atoms with Gasteiger partial charge < -0.3 is 10.1 Å². The van der Waals surface area contributed by atoms with E-state index in [1.807, 2.05) is 0 Å². The van der Waals surface area contributed by atoms with Gasteiger partial charge in [-0.25, -0.2) is 4.79 Å². The largest absolute Gasteiger partial charge is 0.448 e. The standard InChI is InChI=1S/C8H12N2O3/c1-4-13-8(12)10-5-9-7(11)6(2)3/h5H,2,4H2,1,3H3,(H,9,10,11,12). The van der Waals surface area contributed by atoms with Crippen LogP contribution in [-0.2, 0) is 9.53 Å². The number of carbonyl (C=O) groups is 2. The molecule has 0 rings (SSSR count). The van der Waals surface area contributed by atoms with Crippen molar-refractivity contribution < 1.29 is 14.3 Å². The van der Waals surface area contributed by atoms with E-state index in [2.05, 4.69) is 21.6 Å². The number of rotatable bonds is 3. The summed E-state index contributed by atoms with van der Waals surface area (Å²) in [4.78, 5) is 24.7. The van der Waals surface area contributed by atoms with Gasteiger partial charge in [0.15, 0.2) is 0 Å². The third-order valence-corrected chi connectivity index (χ3v) is 1.02. The lowest BCUT2D eigenvalue weighted by Crippen LogP contribution is -2.22. The van der Waals surface area contributed by atoms with Gasteiger partial charge in [0, 0.05) is 5.57 Å². The van der Waals surface area contributed by atoms with Gasteiger partial charge in [0.2, 0.25) is 0 Å². The van der Waals surface area contributed by atoms with Crippen molar-refractivity contribution in [2.75, 3.05) is 6.61 Å². The topological polar surface area (TPSA) is 67.8 Å². The van der Waals surface area contributed by atoms with Crippen LogP contribution in [0.4, 0.5) is 4.79 Å². The summed E-state index contributed by atoms with van der Waals surface area (Å²) in [6.07, 6.45) is 0.249. The van der Waals surface area contributed by atoms with Crippen molar-refractivity contribution in [2.45, 2.75) is 13.8 Å². The van der Waals surface area contributed by atoms with Crippen LogP contribution in [0.5, 0.6) is 0 Å². The summed E-state index contributed by atoms with van der Waals surface area (Å²) in [7, 11) is 0. The number of nitrogens with zero attached hydrogens (tertiary/aromatic N) is 1. The Morgan fingerprint density at radius 1 is 1.62 bits per heavy atom. The summed E-state index contributed by atoms with van der Waals surface area (Å²) in [5.74, 6) is -0.381. The van der Waals surface area contributed by atoms with Crippen LogP contribution >= 0.6 is 0 Å². The molecule has 13 heavy (non-hydrogen) atoms. The predicted molar refractivity (Wildman–Crippen MR) is 48.5 cm³/mol. The number of carbonyl (C=O) groups excluding carboxylic acids is 2. The number of ether oxygens (including phenoxy) is 1. The van der Waals surface area contributed by atoms with Crippen molar-refractivity contribution in [3.05, 3.63) is 12.2 Å². The Balaban J connectivity index is 3.81. The number of hydrogen-bond acceptors (Lipinski definition) is 3. The molecule has 0 saturated heterocycles. The van der Waals surface area contributed by atoms with Crippen LogP contribution < -0.4 is 5.32 Å². The van der Waals surface area contributed by atoms with E-state index in [0.717, 1.165) is 6.34 Å². The molecule has 1 N–H and O–H groups in total. The summed E-state index contributed by atoms with van der Waals surface area (Å²) < 4.78 is 4.47. The second-order valence-corrected chi connectivity index (χ2v) is 2.21. The van der Waals surface area contributed by atoms with E-state index in [9.17, 15) is 9.59 Å². The van der Waals surface area contributed by atoms with E-state index >= 15 is 0 Å². The Bertz CT molecular complexity index is 246. The lowest BCUT2D eigenvalue weighted by molar-refractivity contribution is -0.116. The molecule has 2 amide bonds. The molecule has 0 radical (unpaired) electrons. The molecule has 0 aromatic rings. The molecule has 5 nitrogen and oxygen atoms in total. The van der Waals surface area contributed by atoms with Crippen LogP contribution in [0.1, 0.15) is 13.8 Å². The molecule has 0 saturated carbocycles. The van der Waals surface area contributed by atoms with Crippen molar-refractivity contribution in [1.82, 2.24) is 5.32 Å². The molecule has 0 aliphatic rings. The first-order chi connectivity index (χ1) is 6.07. The Kier molecular flexibility index (Phi) is 5.18. The van der Waals surface area contributed by atoms with Crippen molar-refractivity contribution in [3.8, 4) is 0 Å². The summed E-state index contributed by atoms with van der Waals surface area (Å²) in [5, 5.41) is 2.24. The van der Waals surface area contributed by atoms with Crippen molar-refractivity contribution in [2.24, 2.45) is 4.99 Å². The number of amides is 2. The molecule has 0 atom stereocenters. The van der Waals surface area contributed by atoms with Crippen LogP contribution in [0, 0.1) is 0 Å². The minimum Gasteiger partial charge on any atom is -0.448 e. The van der Waals surface area contributed by atoms with Gasteiger partial charge in [0.05, 0.1) is 6.61 Å². The Hall–Kier alpha value is -1.65. The zero-order valence-electron chi connectivity index (χ0n) is 7.66. The molecule has 0 aliphatic heterocycles. The highest BCUT2D eigenvalue weighted by atomic mass is 16.5. The highest BCUT2D eigenvalue weighted by molar-refractivity contribution is 6.00. The average Bonchev–Trinajstić information content (AvgIpc) is 2.04. The first-order valence-electron chi connectivity index (χ1n) is 3.73. The summed E-state index contributed by atoms with van der Waals surface area (Å²) in [6.45, 7) is 6.87. The highest BCUT2D eigenvalue weighted by Gasteiger charge is 1.98. The molecule has 0 bridgehead atoms. The van der Waals surface area contributed by atoms with Crippen LogP contribution in [0.15, 0.2) is 17.1 Å².